The summed E-state index contributed by atoms with van der Waals surface area (Å²) < 4.78 is 5.78. The highest BCUT2D eigenvalue weighted by molar-refractivity contribution is 6.31. The Morgan fingerprint density at radius 3 is 2.33 bits per heavy atom. The second-order valence-electron chi connectivity index (χ2n) is 7.82. The number of amides is 2. The Morgan fingerprint density at radius 2 is 1.67 bits per heavy atom. The monoisotopic (exact) mass is 428 g/mol. The minimum Gasteiger partial charge on any atom is -0.490 e. The van der Waals surface area contributed by atoms with Gasteiger partial charge in [-0.15, -0.1) is 0 Å². The van der Waals surface area contributed by atoms with Gasteiger partial charge < -0.3 is 14.5 Å². The Balaban J connectivity index is 1.52. The topological polar surface area (TPSA) is 49.9 Å². The van der Waals surface area contributed by atoms with Crippen LogP contribution in [0, 0.1) is 0 Å². The molecule has 0 radical (unpaired) electrons. The fourth-order valence-electron chi connectivity index (χ4n) is 3.60. The molecule has 2 aromatic rings. The second kappa shape index (κ2) is 10.5. The number of nitrogens with zero attached hydrogens (tertiary/aromatic N) is 2. The summed E-state index contributed by atoms with van der Waals surface area (Å²) in [6.45, 7) is 5.97. The minimum absolute atomic E-state index is 0.0388. The molecule has 5 nitrogen and oxygen atoms in total. The zero-order valence-electron chi connectivity index (χ0n) is 17.6. The normalized spacial score (nSPS) is 14.1. The number of rotatable bonds is 7. The molecule has 0 unspecified atom stereocenters. The van der Waals surface area contributed by atoms with Crippen LogP contribution in [0.2, 0.25) is 5.02 Å². The third-order valence-corrected chi connectivity index (χ3v) is 5.39. The zero-order valence-corrected chi connectivity index (χ0v) is 18.4. The predicted molar refractivity (Wildman–Crippen MR) is 119 cm³/mol. The fraction of sp³-hybridized carbons (Fsp3) is 0.417. The summed E-state index contributed by atoms with van der Waals surface area (Å²) in [5, 5.41) is 0.502. The lowest BCUT2D eigenvalue weighted by Crippen LogP contribution is -2.50. The standard InChI is InChI=1S/C24H29ClN2O3/c1-18(2)30-22-12-11-20(25)17-21(22)24(29)27-15-13-26(14-16-27)23(28)10-6-9-19-7-4-3-5-8-19/h3-5,7-8,11-12,17-18H,6,9-10,13-16H2,1-2H3. The van der Waals surface area contributed by atoms with Gasteiger partial charge in [0.25, 0.3) is 5.91 Å². The van der Waals surface area contributed by atoms with Gasteiger partial charge >= 0.3 is 0 Å². The van der Waals surface area contributed by atoms with Crippen LogP contribution in [0.4, 0.5) is 0 Å². The second-order valence-corrected chi connectivity index (χ2v) is 8.26. The molecule has 2 amide bonds. The summed E-state index contributed by atoms with van der Waals surface area (Å²) in [6, 6.07) is 15.3. The lowest BCUT2D eigenvalue weighted by atomic mass is 10.1. The Kier molecular flexibility index (Phi) is 7.75. The molecule has 0 N–H and O–H groups in total. The van der Waals surface area contributed by atoms with E-state index in [1.54, 1.807) is 23.1 Å². The van der Waals surface area contributed by atoms with Crippen LogP contribution >= 0.6 is 11.6 Å². The van der Waals surface area contributed by atoms with Gasteiger partial charge in [-0.3, -0.25) is 9.59 Å². The molecule has 1 saturated heterocycles. The van der Waals surface area contributed by atoms with Gasteiger partial charge in [-0.05, 0) is 50.5 Å². The van der Waals surface area contributed by atoms with E-state index in [0.717, 1.165) is 12.8 Å². The molecule has 0 bridgehead atoms. The van der Waals surface area contributed by atoms with E-state index in [0.29, 0.717) is 48.9 Å². The maximum atomic E-state index is 13.0. The molecule has 1 fully saturated rings. The minimum atomic E-state index is -0.107. The Hall–Kier alpha value is -2.53. The van der Waals surface area contributed by atoms with Crippen LogP contribution in [-0.4, -0.2) is 53.9 Å². The Labute approximate surface area is 183 Å². The van der Waals surface area contributed by atoms with Gasteiger partial charge in [0.1, 0.15) is 5.75 Å². The van der Waals surface area contributed by atoms with Crippen LogP contribution in [0.3, 0.4) is 0 Å². The molecule has 30 heavy (non-hydrogen) atoms. The summed E-state index contributed by atoms with van der Waals surface area (Å²) >= 11 is 6.11. The van der Waals surface area contributed by atoms with Gasteiger partial charge in [-0.25, -0.2) is 0 Å². The van der Waals surface area contributed by atoms with Crippen LogP contribution < -0.4 is 4.74 Å². The van der Waals surface area contributed by atoms with Crippen molar-refractivity contribution in [1.29, 1.82) is 0 Å². The molecule has 1 aliphatic rings. The van der Waals surface area contributed by atoms with Crippen molar-refractivity contribution in [2.75, 3.05) is 26.2 Å². The number of aryl methyl sites for hydroxylation is 1. The molecule has 3 rings (SSSR count). The number of carbonyl (C=O) groups is 2. The fourth-order valence-corrected chi connectivity index (χ4v) is 3.77. The average molecular weight is 429 g/mol. The smallest absolute Gasteiger partial charge is 0.257 e. The molecule has 0 aliphatic carbocycles. The Morgan fingerprint density at radius 1 is 1.00 bits per heavy atom. The van der Waals surface area contributed by atoms with E-state index >= 15 is 0 Å². The lowest BCUT2D eigenvalue weighted by Gasteiger charge is -2.35. The van der Waals surface area contributed by atoms with Gasteiger partial charge in [0, 0.05) is 37.6 Å². The van der Waals surface area contributed by atoms with E-state index in [4.69, 9.17) is 16.3 Å². The van der Waals surface area contributed by atoms with Crippen molar-refractivity contribution in [3.63, 3.8) is 0 Å². The molecule has 0 spiro atoms. The van der Waals surface area contributed by atoms with Crippen molar-refractivity contribution >= 4 is 23.4 Å². The summed E-state index contributed by atoms with van der Waals surface area (Å²) in [5.41, 5.74) is 1.72. The van der Waals surface area contributed by atoms with E-state index in [1.807, 2.05) is 36.9 Å². The third-order valence-electron chi connectivity index (χ3n) is 5.15. The summed E-state index contributed by atoms with van der Waals surface area (Å²) in [6.07, 6.45) is 2.23. The van der Waals surface area contributed by atoms with E-state index < -0.39 is 0 Å². The van der Waals surface area contributed by atoms with Crippen molar-refractivity contribution in [1.82, 2.24) is 9.80 Å². The number of piperazine rings is 1. The van der Waals surface area contributed by atoms with Crippen LogP contribution in [0.1, 0.15) is 42.6 Å². The molecule has 0 atom stereocenters. The maximum Gasteiger partial charge on any atom is 0.257 e. The SMILES string of the molecule is CC(C)Oc1ccc(Cl)cc1C(=O)N1CCN(C(=O)CCCc2ccccc2)CC1. The van der Waals surface area contributed by atoms with E-state index in [2.05, 4.69) is 12.1 Å². The highest BCUT2D eigenvalue weighted by Gasteiger charge is 2.26. The molecule has 2 aromatic carbocycles. The lowest BCUT2D eigenvalue weighted by molar-refractivity contribution is -0.132. The first-order chi connectivity index (χ1) is 14.4. The van der Waals surface area contributed by atoms with Crippen LogP contribution in [0.5, 0.6) is 5.75 Å². The van der Waals surface area contributed by atoms with E-state index in [9.17, 15) is 9.59 Å². The van der Waals surface area contributed by atoms with Crippen molar-refractivity contribution in [2.24, 2.45) is 0 Å². The molecule has 160 valence electrons. The van der Waals surface area contributed by atoms with Gasteiger partial charge in [-0.1, -0.05) is 41.9 Å². The summed E-state index contributed by atoms with van der Waals surface area (Å²) in [7, 11) is 0. The van der Waals surface area contributed by atoms with Crippen LogP contribution in [-0.2, 0) is 11.2 Å². The van der Waals surface area contributed by atoms with Gasteiger partial charge in [-0.2, -0.15) is 0 Å². The van der Waals surface area contributed by atoms with Gasteiger partial charge in [0.2, 0.25) is 5.91 Å². The maximum absolute atomic E-state index is 13.0. The van der Waals surface area contributed by atoms with E-state index in [1.165, 1.54) is 5.56 Å². The zero-order chi connectivity index (χ0) is 21.5. The van der Waals surface area contributed by atoms with Crippen molar-refractivity contribution in [2.45, 2.75) is 39.2 Å². The number of hydrogen-bond donors (Lipinski definition) is 0. The number of carbonyl (C=O) groups excluding carboxylic acids is 2. The third kappa shape index (κ3) is 5.99. The first kappa shape index (κ1) is 22.2. The highest BCUT2D eigenvalue weighted by atomic mass is 35.5. The molecule has 0 aromatic heterocycles. The van der Waals surface area contributed by atoms with E-state index in [-0.39, 0.29) is 17.9 Å². The van der Waals surface area contributed by atoms with Gasteiger partial charge in [0.15, 0.2) is 0 Å². The van der Waals surface area contributed by atoms with Crippen LogP contribution in [0.15, 0.2) is 48.5 Å². The molecule has 0 saturated carbocycles. The number of ether oxygens (including phenoxy) is 1. The van der Waals surface area contributed by atoms with Gasteiger partial charge in [0.05, 0.1) is 11.7 Å². The first-order valence-corrected chi connectivity index (χ1v) is 10.9. The average Bonchev–Trinajstić information content (AvgIpc) is 2.75. The number of hydrogen-bond acceptors (Lipinski definition) is 3. The Bertz CT molecular complexity index is 862. The summed E-state index contributed by atoms with van der Waals surface area (Å²) in [5.74, 6) is 0.591. The molecule has 6 heteroatoms. The van der Waals surface area contributed by atoms with Crippen LogP contribution in [0.25, 0.3) is 0 Å². The summed E-state index contributed by atoms with van der Waals surface area (Å²) in [4.78, 5) is 29.2. The highest BCUT2D eigenvalue weighted by Crippen LogP contribution is 2.26. The molecular formula is C24H29ClN2O3. The molecule has 1 heterocycles. The van der Waals surface area contributed by atoms with Crippen molar-refractivity contribution < 1.29 is 14.3 Å². The molecule has 1 aliphatic heterocycles. The van der Waals surface area contributed by atoms with Crippen molar-refractivity contribution in [3.8, 4) is 5.75 Å². The molecular weight excluding hydrogens is 400 g/mol. The quantitative estimate of drug-likeness (QED) is 0.655. The predicted octanol–water partition coefficient (Wildman–Crippen LogP) is 4.43. The van der Waals surface area contributed by atoms with Crippen molar-refractivity contribution in [3.05, 3.63) is 64.7 Å². The largest absolute Gasteiger partial charge is 0.490 e. The number of benzene rings is 2. The number of halogens is 1. The first-order valence-electron chi connectivity index (χ1n) is 10.5.